The topological polar surface area (TPSA) is 49.1 Å². The zero-order chi connectivity index (χ0) is 58.0. The first-order valence-electron chi connectivity index (χ1n) is 29.7. The minimum atomic E-state index is 0. The van der Waals surface area contributed by atoms with Gasteiger partial charge in [-0.2, -0.15) is 0 Å². The quantitative estimate of drug-likeness (QED) is 0.0887. The minimum absolute atomic E-state index is 0. The largest absolute Gasteiger partial charge is 0.381 e. The zero-order valence-electron chi connectivity index (χ0n) is 55.3. The number of hydrogen-bond donors (Lipinski definition) is 0. The fourth-order valence-corrected chi connectivity index (χ4v) is 4.22. The maximum atomic E-state index is 5.41. The van der Waals surface area contributed by atoms with E-state index in [-0.39, 0.29) is 32.7 Å². The number of allylic oxidation sites excluding steroid dienone is 4. The summed E-state index contributed by atoms with van der Waals surface area (Å²) in [6.45, 7) is 63.7. The molecule has 0 spiro atoms. The number of nitrogens with zero attached hydrogens (tertiary/aromatic N) is 3. The Morgan fingerprint density at radius 3 is 0.824 bits per heavy atom. The van der Waals surface area contributed by atoms with Crippen LogP contribution in [0.2, 0.25) is 0 Å². The van der Waals surface area contributed by atoms with Crippen molar-refractivity contribution in [1.29, 1.82) is 0 Å². The minimum Gasteiger partial charge on any atom is -0.381 e. The van der Waals surface area contributed by atoms with Crippen molar-refractivity contribution in [2.45, 2.75) is 252 Å². The second kappa shape index (κ2) is 69.1. The van der Waals surface area contributed by atoms with Crippen LogP contribution in [-0.4, -0.2) is 23.5 Å². The Morgan fingerprint density at radius 2 is 0.635 bits per heavy atom. The van der Waals surface area contributed by atoms with E-state index in [1.807, 2.05) is 72.8 Å². The molecule has 0 aliphatic heterocycles. The predicted molar refractivity (Wildman–Crippen MR) is 338 cm³/mol. The Bertz CT molecular complexity index is 1210. The van der Waals surface area contributed by atoms with E-state index in [1.54, 1.807) is 0 Å². The molecule has 0 amide bonds. The van der Waals surface area contributed by atoms with E-state index in [0.29, 0.717) is 17.8 Å². The van der Waals surface area contributed by atoms with Crippen LogP contribution in [-0.2, 0) is 50.3 Å². The summed E-state index contributed by atoms with van der Waals surface area (Å²) in [5.41, 5.74) is 2.17. The maximum Gasteiger partial charge on any atom is 0.0488 e. The van der Waals surface area contributed by atoms with Gasteiger partial charge in [-0.3, -0.25) is 5.21 Å². The molecule has 0 saturated carbocycles. The van der Waals surface area contributed by atoms with Crippen molar-refractivity contribution in [3.8, 4) is 0 Å². The van der Waals surface area contributed by atoms with Crippen molar-refractivity contribution >= 4 is 0 Å². The fourth-order valence-electron chi connectivity index (χ4n) is 4.22. The fraction of sp³-hybridized carbons (Fsp3) is 0.739. The number of benzene rings is 2. The van der Waals surface area contributed by atoms with E-state index in [9.17, 15) is 0 Å². The van der Waals surface area contributed by atoms with Crippen LogP contribution in [0, 0.1) is 71.0 Å². The van der Waals surface area contributed by atoms with E-state index in [2.05, 4.69) is 234 Å². The van der Waals surface area contributed by atoms with Crippen molar-refractivity contribution in [3.05, 3.63) is 108 Å². The molecular formula is C69H134N3OY-. The molecule has 0 N–H and O–H groups in total. The Hall–Kier alpha value is -1.88. The first-order valence-corrected chi connectivity index (χ1v) is 29.7. The summed E-state index contributed by atoms with van der Waals surface area (Å²) in [5, 5.41) is 11.8. The molecule has 1 heterocycles. The Morgan fingerprint density at radius 1 is 0.378 bits per heavy atom. The summed E-state index contributed by atoms with van der Waals surface area (Å²) in [7, 11) is 0. The summed E-state index contributed by atoms with van der Waals surface area (Å²) in [5.74, 6) is 9.37. The van der Waals surface area contributed by atoms with Gasteiger partial charge in [-0.05, 0) is 127 Å². The van der Waals surface area contributed by atoms with Gasteiger partial charge in [0.15, 0.2) is 0 Å². The molecule has 1 radical (unpaired) electrons. The van der Waals surface area contributed by atoms with Crippen molar-refractivity contribution in [3.63, 3.8) is 0 Å². The predicted octanol–water partition coefficient (Wildman–Crippen LogP) is 22.6. The third-order valence-electron chi connectivity index (χ3n) is 8.89. The first-order chi connectivity index (χ1) is 34.0. The molecule has 74 heavy (non-hydrogen) atoms. The van der Waals surface area contributed by atoms with Gasteiger partial charge in [-0.15, -0.1) is 0 Å². The van der Waals surface area contributed by atoms with Gasteiger partial charge in [0.2, 0.25) is 0 Å². The molecule has 0 aliphatic carbocycles. The molecule has 1 aromatic heterocycles. The van der Waals surface area contributed by atoms with Crippen LogP contribution < -0.4 is 5.10 Å². The van der Waals surface area contributed by atoms with E-state index >= 15 is 0 Å². The molecule has 5 heteroatoms. The molecule has 2 aromatic carbocycles. The van der Waals surface area contributed by atoms with Gasteiger partial charge in [0.05, 0.1) is 0 Å². The molecule has 435 valence electrons. The Kier molecular flexibility index (Phi) is 82.9. The summed E-state index contributed by atoms with van der Waals surface area (Å²) < 4.78 is 5.41. The summed E-state index contributed by atoms with van der Waals surface area (Å²) in [6.07, 6.45) is 19.9. The third kappa shape index (κ3) is 119. The van der Waals surface area contributed by atoms with Crippen LogP contribution in [0.25, 0.3) is 0 Å². The van der Waals surface area contributed by atoms with Crippen molar-refractivity contribution in [2.24, 2.45) is 71.0 Å². The van der Waals surface area contributed by atoms with E-state index in [4.69, 9.17) is 4.74 Å². The Labute approximate surface area is 493 Å². The van der Waals surface area contributed by atoms with Crippen LogP contribution in [0.15, 0.2) is 97.1 Å². The van der Waals surface area contributed by atoms with E-state index in [0.717, 1.165) is 90.7 Å². The van der Waals surface area contributed by atoms with Crippen molar-refractivity contribution in [2.75, 3.05) is 13.2 Å². The Balaban J connectivity index is -0.000000111. The van der Waals surface area contributed by atoms with Crippen LogP contribution in [0.4, 0.5) is 0 Å². The molecule has 3 rings (SSSR count). The number of aromatic nitrogens is 3. The van der Waals surface area contributed by atoms with Crippen LogP contribution >= 0.6 is 0 Å². The van der Waals surface area contributed by atoms with Crippen LogP contribution in [0.3, 0.4) is 0 Å². The van der Waals surface area contributed by atoms with Gasteiger partial charge in [0.25, 0.3) is 0 Å². The van der Waals surface area contributed by atoms with Gasteiger partial charge >= 0.3 is 0 Å². The molecule has 0 fully saturated rings. The molecule has 0 aliphatic rings. The number of ether oxygens (including phenoxy) is 1. The summed E-state index contributed by atoms with van der Waals surface area (Å²) >= 11 is 0. The average Bonchev–Trinajstić information content (AvgIpc) is 3.72. The van der Waals surface area contributed by atoms with Gasteiger partial charge in [-0.25, -0.2) is 0 Å². The van der Waals surface area contributed by atoms with Crippen LogP contribution in [0.5, 0.6) is 0 Å². The second-order valence-electron chi connectivity index (χ2n) is 24.9. The number of hydrogen-bond acceptors (Lipinski definition) is 3. The first kappa shape index (κ1) is 88.7. The van der Waals surface area contributed by atoms with Gasteiger partial charge in [-0.1, -0.05) is 304 Å². The smallest absolute Gasteiger partial charge is 0.0488 e. The van der Waals surface area contributed by atoms with Crippen LogP contribution in [0.1, 0.15) is 250 Å². The third-order valence-corrected chi connectivity index (χ3v) is 8.89. The normalized spacial score (nSPS) is 10.4. The molecule has 0 unspecified atom stereocenters. The molecule has 0 bridgehead atoms. The summed E-state index contributed by atoms with van der Waals surface area (Å²) in [4.78, 5) is 0. The zero-order valence-corrected chi connectivity index (χ0v) is 58.1. The van der Waals surface area contributed by atoms with Gasteiger partial charge < -0.3 is 14.9 Å². The molecule has 3 aromatic rings. The average molecular weight is 1110 g/mol. The molecular weight excluding hydrogens is 976 g/mol. The van der Waals surface area contributed by atoms with Gasteiger partial charge in [0, 0.05) is 45.9 Å². The monoisotopic (exact) mass is 1110 g/mol. The van der Waals surface area contributed by atoms with E-state index in [1.165, 1.54) is 44.9 Å². The molecule has 0 saturated heterocycles. The van der Waals surface area contributed by atoms with Crippen molar-refractivity contribution in [1.82, 2.24) is 15.4 Å². The van der Waals surface area contributed by atoms with E-state index < -0.39 is 0 Å². The molecule has 0 atom stereocenters. The van der Waals surface area contributed by atoms with Crippen molar-refractivity contribution < 1.29 is 37.4 Å². The molecule has 4 nitrogen and oxygen atoms in total. The summed E-state index contributed by atoms with van der Waals surface area (Å²) in [6, 6.07) is 24.0. The standard InChI is InChI=1S/C10H18N3.2C10H20.C9H20O.2C6H6.2C5H12.2C4H10.Y/c1-7(2)5-9-10(6-8(3)4)12-13-11-9;2*1-9(2)7-5-6-8-10(3)4;1-8(2)5-6-10-7-9(3)4;2*1-2-4-6-5-3-1;2*1-4-5(2)3;2*1-4(2)3;/h7-8H,5-6H2,1-4H3;2*5-6,9-10H,7-8H2,1-4H3;8-9H,5-7H2,1-4H3;2*1-6H;2*5H,4H2,1-3H3;2*4H,1-3H3;/q-1;;;;;;;;;;/b;6-5+;6-5-;;;;;;;;. The SMILES string of the molecule is CC(C)C.CC(C)C.CC(C)C/C=C/CC(C)C.CC(C)C/C=C\CC(C)C.CC(C)CCOCC(C)C.CC(C)Cc1nn[n-]c1CC(C)C.CCC(C)C.CCC(C)C.[Y].c1ccccc1.c1ccccc1. The number of rotatable bonds is 19. The second-order valence-corrected chi connectivity index (χ2v) is 24.9. The maximum absolute atomic E-state index is 5.41. The van der Waals surface area contributed by atoms with Gasteiger partial charge in [0.1, 0.15) is 0 Å².